The van der Waals surface area contributed by atoms with Crippen LogP contribution < -0.4 is 36.4 Å². The molecule has 10 nitrogen and oxygen atoms in total. The minimum absolute atomic E-state index is 0.0651. The topological polar surface area (TPSA) is 112 Å². The van der Waals surface area contributed by atoms with Crippen molar-refractivity contribution in [2.24, 2.45) is 11.5 Å². The molecule has 5 N–H and O–H groups in total. The smallest absolute Gasteiger partial charge is 0.227 e. The van der Waals surface area contributed by atoms with Crippen molar-refractivity contribution in [3.05, 3.63) is 71.4 Å². The number of benzene rings is 2. The molecule has 3 aliphatic rings. The number of nitrogens with zero attached hydrogens (tertiary/aromatic N) is 6. The molecule has 3 fully saturated rings. The first-order chi connectivity index (χ1) is 19.7. The average Bonchev–Trinajstić information content (AvgIpc) is 3.05. The van der Waals surface area contributed by atoms with Gasteiger partial charge in [0.05, 0.1) is 12.3 Å². The van der Waals surface area contributed by atoms with Gasteiger partial charge in [-0.05, 0) is 23.3 Å². The monoisotopic (exact) mass is 543 g/mol. The molecule has 0 spiro atoms. The first-order valence-corrected chi connectivity index (χ1v) is 14.5. The number of hydrogen-bond acceptors (Lipinski definition) is 10. The van der Waals surface area contributed by atoms with Crippen LogP contribution in [0.3, 0.4) is 0 Å². The van der Waals surface area contributed by atoms with Crippen molar-refractivity contribution in [2.45, 2.75) is 19.2 Å². The maximum absolute atomic E-state index is 6.12. The zero-order chi connectivity index (χ0) is 27.3. The molecule has 3 saturated heterocycles. The van der Waals surface area contributed by atoms with Gasteiger partial charge in [-0.1, -0.05) is 36.4 Å². The Morgan fingerprint density at radius 2 is 1.27 bits per heavy atom. The number of morpholine rings is 1. The molecule has 3 aromatic rings. The first-order valence-electron chi connectivity index (χ1n) is 14.5. The highest BCUT2D eigenvalue weighted by Gasteiger charge is 2.27. The van der Waals surface area contributed by atoms with Crippen LogP contribution in [0.5, 0.6) is 0 Å². The summed E-state index contributed by atoms with van der Waals surface area (Å²) >= 11 is 0. The van der Waals surface area contributed by atoms with Crippen LogP contribution in [-0.4, -0.2) is 82.0 Å². The summed E-state index contributed by atoms with van der Waals surface area (Å²) in [4.78, 5) is 19.8. The summed E-state index contributed by atoms with van der Waals surface area (Å²) in [5, 5.41) is 3.45. The number of rotatable bonds is 7. The molecule has 212 valence electrons. The molecule has 0 radical (unpaired) electrons. The molecular formula is C30H41N9O. The lowest BCUT2D eigenvalue weighted by molar-refractivity contribution is 0.0250. The lowest BCUT2D eigenvalue weighted by Gasteiger charge is -2.39. The van der Waals surface area contributed by atoms with E-state index in [0.29, 0.717) is 19.7 Å². The summed E-state index contributed by atoms with van der Waals surface area (Å²) in [5.41, 5.74) is 17.9. The molecule has 10 heteroatoms. The van der Waals surface area contributed by atoms with E-state index < -0.39 is 0 Å². The molecule has 0 bridgehead atoms. The number of nitrogens with two attached hydrogens (primary N) is 2. The van der Waals surface area contributed by atoms with Crippen molar-refractivity contribution in [1.82, 2.24) is 15.3 Å². The van der Waals surface area contributed by atoms with Crippen LogP contribution in [0.15, 0.2) is 54.6 Å². The molecule has 4 heterocycles. The van der Waals surface area contributed by atoms with E-state index >= 15 is 0 Å². The standard InChI is InChI=1S/C30H41N9O/c31-20-23-5-1-3-7-26(23)36-10-14-38(15-11-36)29-19-25(28-22-33-9-18-40-28)34-30(35-29)39-16-12-37(13-17-39)27-8-4-2-6-24(27)21-32/h1-8,19,28,33H,9-18,20-22,31-32H2. The van der Waals surface area contributed by atoms with Gasteiger partial charge in [0.1, 0.15) is 11.9 Å². The summed E-state index contributed by atoms with van der Waals surface area (Å²) in [6, 6.07) is 19.0. The lowest BCUT2D eigenvalue weighted by atomic mass is 10.1. The van der Waals surface area contributed by atoms with Gasteiger partial charge in [0.15, 0.2) is 0 Å². The average molecular weight is 544 g/mol. The molecule has 0 amide bonds. The van der Waals surface area contributed by atoms with Gasteiger partial charge in [0, 0.05) is 96.0 Å². The van der Waals surface area contributed by atoms with E-state index in [0.717, 1.165) is 82.9 Å². The maximum Gasteiger partial charge on any atom is 0.227 e. The predicted molar refractivity (Wildman–Crippen MR) is 161 cm³/mol. The van der Waals surface area contributed by atoms with Crippen LogP contribution in [-0.2, 0) is 17.8 Å². The quantitative estimate of drug-likeness (QED) is 0.407. The molecule has 2 aromatic carbocycles. The summed E-state index contributed by atoms with van der Waals surface area (Å²) in [5.74, 6) is 1.78. The molecule has 0 aliphatic carbocycles. The van der Waals surface area contributed by atoms with Gasteiger partial charge in [-0.25, -0.2) is 4.98 Å². The maximum atomic E-state index is 6.12. The van der Waals surface area contributed by atoms with Gasteiger partial charge in [0.2, 0.25) is 5.95 Å². The molecule has 6 rings (SSSR count). The highest BCUT2D eigenvalue weighted by molar-refractivity contribution is 5.57. The van der Waals surface area contributed by atoms with Crippen LogP contribution in [0.2, 0.25) is 0 Å². The molecule has 1 atom stereocenters. The van der Waals surface area contributed by atoms with Crippen molar-refractivity contribution in [3.63, 3.8) is 0 Å². The lowest BCUT2D eigenvalue weighted by Crippen LogP contribution is -2.48. The number of nitrogens with one attached hydrogen (secondary N) is 1. The van der Waals surface area contributed by atoms with Gasteiger partial charge < -0.3 is 41.1 Å². The number of ether oxygens (including phenoxy) is 1. The van der Waals surface area contributed by atoms with E-state index in [4.69, 9.17) is 26.2 Å². The summed E-state index contributed by atoms with van der Waals surface area (Å²) < 4.78 is 6.12. The minimum atomic E-state index is -0.0651. The molecule has 3 aliphatic heterocycles. The zero-order valence-electron chi connectivity index (χ0n) is 23.2. The van der Waals surface area contributed by atoms with Gasteiger partial charge >= 0.3 is 0 Å². The Bertz CT molecular complexity index is 1180. The Kier molecular flexibility index (Phi) is 8.29. The van der Waals surface area contributed by atoms with Crippen LogP contribution >= 0.6 is 0 Å². The van der Waals surface area contributed by atoms with Gasteiger partial charge in [-0.15, -0.1) is 0 Å². The van der Waals surface area contributed by atoms with Crippen LogP contribution in [0.25, 0.3) is 0 Å². The van der Waals surface area contributed by atoms with Crippen molar-refractivity contribution >= 4 is 23.1 Å². The van der Waals surface area contributed by atoms with E-state index in [-0.39, 0.29) is 6.10 Å². The van der Waals surface area contributed by atoms with Gasteiger partial charge in [0.25, 0.3) is 0 Å². The van der Waals surface area contributed by atoms with Crippen molar-refractivity contribution < 1.29 is 4.74 Å². The van der Waals surface area contributed by atoms with E-state index in [1.807, 2.05) is 0 Å². The second kappa shape index (κ2) is 12.4. The number of para-hydroxylation sites is 2. The first kappa shape index (κ1) is 26.8. The summed E-state index contributed by atoms with van der Waals surface area (Å²) in [7, 11) is 0. The fourth-order valence-electron chi connectivity index (χ4n) is 5.97. The third-order valence-electron chi connectivity index (χ3n) is 8.25. The third-order valence-corrected chi connectivity index (χ3v) is 8.25. The Hall–Kier alpha value is -3.44. The number of piperazine rings is 2. The fourth-order valence-corrected chi connectivity index (χ4v) is 5.97. The SMILES string of the molecule is NCc1ccccc1N1CCN(c2cc(C3CNCCO3)nc(N3CCN(c4ccccc4CN)CC3)n2)CC1. The Morgan fingerprint density at radius 3 is 1.82 bits per heavy atom. The highest BCUT2D eigenvalue weighted by Crippen LogP contribution is 2.28. The Balaban J connectivity index is 1.20. The molecule has 1 aromatic heterocycles. The number of aromatic nitrogens is 2. The third kappa shape index (κ3) is 5.71. The largest absolute Gasteiger partial charge is 0.369 e. The van der Waals surface area contributed by atoms with Crippen molar-refractivity contribution in [2.75, 3.05) is 91.7 Å². The van der Waals surface area contributed by atoms with Gasteiger partial charge in [-0.2, -0.15) is 4.98 Å². The number of hydrogen-bond donors (Lipinski definition) is 3. The van der Waals surface area contributed by atoms with E-state index in [2.05, 4.69) is 79.5 Å². The van der Waals surface area contributed by atoms with Crippen molar-refractivity contribution in [3.8, 4) is 0 Å². The van der Waals surface area contributed by atoms with Crippen LogP contribution in [0.1, 0.15) is 22.9 Å². The molecule has 1 unspecified atom stereocenters. The van der Waals surface area contributed by atoms with E-state index in [9.17, 15) is 0 Å². The summed E-state index contributed by atoms with van der Waals surface area (Å²) in [6.07, 6.45) is -0.0651. The second-order valence-corrected chi connectivity index (χ2v) is 10.6. The molecule has 0 saturated carbocycles. The minimum Gasteiger partial charge on any atom is -0.369 e. The van der Waals surface area contributed by atoms with Crippen molar-refractivity contribution in [1.29, 1.82) is 0 Å². The van der Waals surface area contributed by atoms with Gasteiger partial charge in [-0.3, -0.25) is 0 Å². The predicted octanol–water partition coefficient (Wildman–Crippen LogP) is 1.71. The molecular weight excluding hydrogens is 502 g/mol. The Labute approximate surface area is 236 Å². The highest BCUT2D eigenvalue weighted by atomic mass is 16.5. The summed E-state index contributed by atoms with van der Waals surface area (Å²) in [6.45, 7) is 10.6. The van der Waals surface area contributed by atoms with E-state index in [1.165, 1.54) is 22.5 Å². The zero-order valence-corrected chi connectivity index (χ0v) is 23.2. The number of anilines is 4. The van der Waals surface area contributed by atoms with Crippen LogP contribution in [0.4, 0.5) is 23.1 Å². The molecule has 40 heavy (non-hydrogen) atoms. The Morgan fingerprint density at radius 1 is 0.725 bits per heavy atom. The van der Waals surface area contributed by atoms with E-state index in [1.54, 1.807) is 0 Å². The second-order valence-electron chi connectivity index (χ2n) is 10.6. The van der Waals surface area contributed by atoms with Crippen LogP contribution in [0, 0.1) is 0 Å². The normalized spacial score (nSPS) is 20.2. The fraction of sp³-hybridized carbons (Fsp3) is 0.467.